The summed E-state index contributed by atoms with van der Waals surface area (Å²) < 4.78 is 12.2. The molecule has 0 aliphatic heterocycles. The number of ketones is 2. The van der Waals surface area contributed by atoms with E-state index in [-0.39, 0.29) is 22.8 Å². The summed E-state index contributed by atoms with van der Waals surface area (Å²) in [6.07, 6.45) is 8.00. The van der Waals surface area contributed by atoms with E-state index in [0.29, 0.717) is 59.2 Å². The number of fused-ring (bicyclic) bond motifs is 2. The first-order chi connectivity index (χ1) is 24.2. The number of carbonyl (C=O) groups excluding carboxylic acids is 4. The molecule has 6 aliphatic carbocycles. The smallest absolute Gasteiger partial charge is 0.357 e. The molecule has 2 heterocycles. The normalized spacial score (nSPS) is 31.3. The van der Waals surface area contributed by atoms with Gasteiger partial charge in [0.1, 0.15) is 29.1 Å². The second kappa shape index (κ2) is 10.5. The highest BCUT2D eigenvalue weighted by molar-refractivity contribution is 6.10. The van der Waals surface area contributed by atoms with Crippen molar-refractivity contribution in [3.8, 4) is 11.3 Å². The Morgan fingerprint density at radius 1 is 0.673 bits per heavy atom. The van der Waals surface area contributed by atoms with Crippen molar-refractivity contribution in [2.75, 3.05) is 0 Å². The Hall–Kier alpha value is -4.54. The van der Waals surface area contributed by atoms with E-state index in [9.17, 15) is 29.4 Å². The zero-order valence-corrected chi connectivity index (χ0v) is 30.8. The second-order valence-corrected chi connectivity index (χ2v) is 17.2. The highest BCUT2D eigenvalue weighted by Crippen LogP contribution is 2.67. The molecule has 8 rings (SSSR count). The van der Waals surface area contributed by atoms with E-state index in [0.717, 1.165) is 11.1 Å². The summed E-state index contributed by atoms with van der Waals surface area (Å²) in [6, 6.07) is 6.54. The van der Waals surface area contributed by atoms with Gasteiger partial charge in [0.2, 0.25) is 0 Å². The van der Waals surface area contributed by atoms with Crippen molar-refractivity contribution in [3.63, 3.8) is 0 Å². The van der Waals surface area contributed by atoms with Crippen molar-refractivity contribution in [1.82, 2.24) is 9.97 Å². The van der Waals surface area contributed by atoms with Crippen LogP contribution in [0.3, 0.4) is 0 Å². The standard InChI is InChI=1S/C42H44N2O8/c1-21-29-25(31(45)39(7,49)41(21)13-14-41)17-37(3,4)33(29)51-35(47)24-10-11-27(43-20-24)23-9-12-28(44-19-23)36(48)52-34-30-22(2)42(15-16-42)40(8,50)32(46)26(30)18-38(34,5)6/h9-12,17-20,33-34,49-50H,13-16H2,1-8H3/t33-,34-,39+,40+/m1/s1. The van der Waals surface area contributed by atoms with E-state index in [1.165, 1.54) is 12.4 Å². The second-order valence-electron chi connectivity index (χ2n) is 17.2. The van der Waals surface area contributed by atoms with Crippen molar-refractivity contribution < 1.29 is 38.9 Å². The van der Waals surface area contributed by atoms with Gasteiger partial charge < -0.3 is 19.7 Å². The van der Waals surface area contributed by atoms with E-state index < -0.39 is 57.0 Å². The molecular weight excluding hydrogens is 660 g/mol. The Morgan fingerprint density at radius 3 is 1.56 bits per heavy atom. The fourth-order valence-electron chi connectivity index (χ4n) is 9.54. The molecule has 10 nitrogen and oxygen atoms in total. The van der Waals surface area contributed by atoms with Crippen LogP contribution in [0, 0.1) is 21.7 Å². The zero-order chi connectivity index (χ0) is 37.6. The summed E-state index contributed by atoms with van der Waals surface area (Å²) in [4.78, 5) is 62.6. The van der Waals surface area contributed by atoms with Gasteiger partial charge in [-0.2, -0.15) is 0 Å². The Balaban J connectivity index is 0.974. The summed E-state index contributed by atoms with van der Waals surface area (Å²) in [5, 5.41) is 22.4. The lowest BCUT2D eigenvalue weighted by Gasteiger charge is -2.40. The number of nitrogens with zero attached hydrogens (tertiary/aromatic N) is 2. The number of Topliss-reactive ketones (excluding diaryl/α,β-unsaturated/α-hetero) is 2. The van der Waals surface area contributed by atoms with Gasteiger partial charge in [0.05, 0.1) is 11.3 Å². The maximum Gasteiger partial charge on any atom is 0.357 e. The number of aromatic nitrogens is 2. The summed E-state index contributed by atoms with van der Waals surface area (Å²) in [5.41, 5.74) is -0.00889. The maximum atomic E-state index is 13.5. The van der Waals surface area contributed by atoms with Crippen LogP contribution in [0.2, 0.25) is 0 Å². The average Bonchev–Trinajstić information content (AvgIpc) is 4.02. The van der Waals surface area contributed by atoms with Crippen molar-refractivity contribution in [2.45, 2.75) is 104 Å². The monoisotopic (exact) mass is 704 g/mol. The number of esters is 2. The number of hydrogen-bond donors (Lipinski definition) is 2. The molecule has 6 aliphatic rings. The summed E-state index contributed by atoms with van der Waals surface area (Å²) in [6.45, 7) is 14.7. The molecule has 2 aromatic rings. The predicted molar refractivity (Wildman–Crippen MR) is 190 cm³/mol. The van der Waals surface area contributed by atoms with Crippen LogP contribution in [0.15, 0.2) is 82.2 Å². The Labute approximate surface area is 302 Å². The molecule has 2 N–H and O–H groups in total. The minimum atomic E-state index is -1.49. The Bertz CT molecular complexity index is 1980. The van der Waals surface area contributed by atoms with Crippen LogP contribution in [-0.4, -0.2) is 67.1 Å². The topological polar surface area (TPSA) is 153 Å². The quantitative estimate of drug-likeness (QED) is 0.355. The largest absolute Gasteiger partial charge is 0.453 e. The molecular formula is C42H44N2O8. The van der Waals surface area contributed by atoms with Crippen LogP contribution in [0.5, 0.6) is 0 Å². The molecule has 0 unspecified atom stereocenters. The SMILES string of the molecule is CC1=C2C(=CC(C)(C)[C@@H]2OC(=O)c2ccc(-c3ccc(C(=O)O[C@@H]4C5=C(C)C6(CC6)[C@@](C)(O)C(=O)C5=CC4(C)C)nc3)nc2)C(=O)[C@](C)(O)C12CC2. The van der Waals surface area contributed by atoms with Crippen LogP contribution in [-0.2, 0) is 19.1 Å². The number of ether oxygens (including phenoxy) is 2. The molecule has 0 aromatic carbocycles. The third-order valence-corrected chi connectivity index (χ3v) is 13.2. The highest BCUT2D eigenvalue weighted by Gasteiger charge is 2.68. The van der Waals surface area contributed by atoms with Crippen molar-refractivity contribution in [1.29, 1.82) is 0 Å². The number of pyridine rings is 2. The molecule has 4 atom stereocenters. The van der Waals surface area contributed by atoms with Crippen molar-refractivity contribution in [3.05, 3.63) is 93.5 Å². The lowest BCUT2D eigenvalue weighted by Crippen LogP contribution is -2.50. The molecule has 10 heteroatoms. The number of hydrogen-bond acceptors (Lipinski definition) is 10. The summed E-state index contributed by atoms with van der Waals surface area (Å²) in [5.74, 6) is -1.85. The van der Waals surface area contributed by atoms with E-state index in [2.05, 4.69) is 9.97 Å². The predicted octanol–water partition coefficient (Wildman–Crippen LogP) is 5.99. The molecule has 2 saturated carbocycles. The van der Waals surface area contributed by atoms with Crippen LogP contribution in [0.1, 0.15) is 102 Å². The summed E-state index contributed by atoms with van der Waals surface area (Å²) >= 11 is 0. The number of aliphatic hydroxyl groups is 2. The lowest BCUT2D eigenvalue weighted by molar-refractivity contribution is -0.138. The van der Waals surface area contributed by atoms with Crippen LogP contribution < -0.4 is 0 Å². The molecule has 2 fully saturated rings. The van der Waals surface area contributed by atoms with Gasteiger partial charge in [-0.05, 0) is 77.6 Å². The number of carbonyl (C=O) groups is 4. The van der Waals surface area contributed by atoms with E-state index in [4.69, 9.17) is 9.47 Å². The molecule has 0 saturated heterocycles. The molecule has 0 radical (unpaired) electrons. The van der Waals surface area contributed by atoms with Gasteiger partial charge in [-0.15, -0.1) is 0 Å². The minimum absolute atomic E-state index is 0.0918. The Morgan fingerprint density at radius 2 is 1.15 bits per heavy atom. The molecule has 0 bridgehead atoms. The van der Waals surface area contributed by atoms with Crippen LogP contribution in [0.25, 0.3) is 11.3 Å². The van der Waals surface area contributed by atoms with Gasteiger partial charge >= 0.3 is 11.9 Å². The van der Waals surface area contributed by atoms with E-state index in [1.54, 1.807) is 38.1 Å². The first-order valence-electron chi connectivity index (χ1n) is 18.0. The minimum Gasteiger partial charge on any atom is -0.453 e. The first kappa shape index (κ1) is 34.5. The van der Waals surface area contributed by atoms with E-state index >= 15 is 0 Å². The molecule has 270 valence electrons. The third kappa shape index (κ3) is 4.49. The van der Waals surface area contributed by atoms with Gasteiger partial charge in [0.25, 0.3) is 0 Å². The van der Waals surface area contributed by atoms with Gasteiger partial charge in [-0.1, -0.05) is 51.0 Å². The van der Waals surface area contributed by atoms with Crippen molar-refractivity contribution in [2.24, 2.45) is 21.7 Å². The maximum absolute atomic E-state index is 13.5. The zero-order valence-electron chi connectivity index (χ0n) is 30.8. The Kier molecular flexibility index (Phi) is 7.00. The fraction of sp³-hybridized carbons (Fsp3) is 0.476. The van der Waals surface area contributed by atoms with Gasteiger partial charge in [-0.25, -0.2) is 14.6 Å². The molecule has 2 spiro atoms. The number of rotatable bonds is 5. The van der Waals surface area contributed by atoms with Crippen molar-refractivity contribution >= 4 is 23.5 Å². The average molecular weight is 705 g/mol. The fourth-order valence-corrected chi connectivity index (χ4v) is 9.54. The first-order valence-corrected chi connectivity index (χ1v) is 18.0. The van der Waals surface area contributed by atoms with Gasteiger partial charge in [0.15, 0.2) is 11.6 Å². The third-order valence-electron chi connectivity index (χ3n) is 13.2. The molecule has 0 amide bonds. The lowest BCUT2D eigenvalue weighted by atomic mass is 9.67. The van der Waals surface area contributed by atoms with Crippen LogP contribution in [0.4, 0.5) is 0 Å². The van der Waals surface area contributed by atoms with E-state index in [1.807, 2.05) is 53.7 Å². The highest BCUT2D eigenvalue weighted by atomic mass is 16.5. The van der Waals surface area contributed by atoms with Gasteiger partial charge in [-0.3, -0.25) is 14.6 Å². The van der Waals surface area contributed by atoms with Gasteiger partial charge in [0, 0.05) is 61.9 Å². The molecule has 52 heavy (non-hydrogen) atoms. The van der Waals surface area contributed by atoms with Crippen LogP contribution >= 0.6 is 0 Å². The molecule has 2 aromatic heterocycles. The summed E-state index contributed by atoms with van der Waals surface area (Å²) in [7, 11) is 0.